The van der Waals surface area contributed by atoms with Crippen molar-refractivity contribution in [2.24, 2.45) is 5.14 Å². The Morgan fingerprint density at radius 3 is 2.40 bits per heavy atom. The molecule has 0 spiro atoms. The van der Waals surface area contributed by atoms with Gasteiger partial charge in [0.25, 0.3) is 0 Å². The average molecular weight is 246 g/mol. The number of benzene rings is 1. The molecule has 0 aliphatic heterocycles. The Kier molecular flexibility index (Phi) is 3.64. The molecule has 0 fully saturated rings. The van der Waals surface area contributed by atoms with E-state index in [0.717, 1.165) is 4.90 Å². The second-order valence-electron chi connectivity index (χ2n) is 3.41. The van der Waals surface area contributed by atoms with E-state index >= 15 is 0 Å². The van der Waals surface area contributed by atoms with Crippen molar-refractivity contribution < 1.29 is 8.42 Å². The smallest absolute Gasteiger partial charge is 0.238 e. The zero-order valence-corrected chi connectivity index (χ0v) is 10.2. The van der Waals surface area contributed by atoms with Gasteiger partial charge in [0, 0.05) is 15.8 Å². The monoisotopic (exact) mass is 246 g/mol. The van der Waals surface area contributed by atoms with E-state index in [4.69, 9.17) is 10.9 Å². The lowest BCUT2D eigenvalue weighted by Gasteiger charge is -2.09. The van der Waals surface area contributed by atoms with Crippen LogP contribution in [0.5, 0.6) is 0 Å². The first-order valence-electron chi connectivity index (χ1n) is 4.39. The summed E-state index contributed by atoms with van der Waals surface area (Å²) in [6.45, 7) is 4.02. The summed E-state index contributed by atoms with van der Waals surface area (Å²) in [6.07, 6.45) is 0. The summed E-state index contributed by atoms with van der Waals surface area (Å²) in [5.74, 6) is 0. The molecule has 0 bridgehead atoms. The van der Waals surface area contributed by atoms with E-state index in [1.807, 2.05) is 13.8 Å². The highest BCUT2D eigenvalue weighted by Crippen LogP contribution is 2.30. The van der Waals surface area contributed by atoms with Crippen molar-refractivity contribution >= 4 is 27.5 Å². The average Bonchev–Trinajstić information content (AvgIpc) is 2.06. The maximum absolute atomic E-state index is 11.1. The first-order valence-corrected chi connectivity index (χ1v) is 6.82. The van der Waals surface area contributed by atoms with E-state index in [1.54, 1.807) is 6.07 Å². The highest BCUT2D eigenvalue weighted by atomic mass is 32.2. The van der Waals surface area contributed by atoms with Crippen LogP contribution in [0.15, 0.2) is 28.0 Å². The van der Waals surface area contributed by atoms with Gasteiger partial charge in [0.05, 0.1) is 4.90 Å². The number of sulfonamides is 1. The summed E-state index contributed by atoms with van der Waals surface area (Å²) < 4.78 is 22.2. The SMILES string of the molecule is CC(C)Sc1cc(S(N)(=O)=O)ccc1N. The van der Waals surface area contributed by atoms with Gasteiger partial charge >= 0.3 is 0 Å². The number of hydrogen-bond donors (Lipinski definition) is 2. The summed E-state index contributed by atoms with van der Waals surface area (Å²) in [5.41, 5.74) is 6.30. The van der Waals surface area contributed by atoms with Gasteiger partial charge in [-0.3, -0.25) is 0 Å². The fourth-order valence-corrected chi connectivity index (χ4v) is 2.57. The molecule has 0 aliphatic rings. The fourth-order valence-electron chi connectivity index (χ4n) is 1.05. The zero-order chi connectivity index (χ0) is 11.6. The topological polar surface area (TPSA) is 86.2 Å². The van der Waals surface area contributed by atoms with Crippen LogP contribution in [0.2, 0.25) is 0 Å². The van der Waals surface area contributed by atoms with Crippen LogP contribution < -0.4 is 10.9 Å². The van der Waals surface area contributed by atoms with Crippen LogP contribution in [0, 0.1) is 0 Å². The van der Waals surface area contributed by atoms with Crippen LogP contribution in [-0.4, -0.2) is 13.7 Å². The van der Waals surface area contributed by atoms with Gasteiger partial charge < -0.3 is 5.73 Å². The van der Waals surface area contributed by atoms with Crippen LogP contribution in [-0.2, 0) is 10.0 Å². The molecule has 0 atom stereocenters. The van der Waals surface area contributed by atoms with Crippen LogP contribution in [0.3, 0.4) is 0 Å². The third-order valence-electron chi connectivity index (χ3n) is 1.68. The van der Waals surface area contributed by atoms with Gasteiger partial charge in [-0.25, -0.2) is 13.6 Å². The molecule has 6 heteroatoms. The van der Waals surface area contributed by atoms with Crippen molar-refractivity contribution in [2.45, 2.75) is 28.9 Å². The number of thioether (sulfide) groups is 1. The molecule has 0 aromatic heterocycles. The number of anilines is 1. The second kappa shape index (κ2) is 4.42. The van der Waals surface area contributed by atoms with Gasteiger partial charge in [-0.1, -0.05) is 13.8 Å². The number of rotatable bonds is 3. The summed E-state index contributed by atoms with van der Waals surface area (Å²) >= 11 is 1.51. The molecule has 1 aromatic carbocycles. The molecule has 0 saturated heterocycles. The number of nitrogen functional groups attached to an aromatic ring is 1. The molecule has 0 unspecified atom stereocenters. The van der Waals surface area contributed by atoms with Crippen molar-refractivity contribution in [3.05, 3.63) is 18.2 Å². The zero-order valence-electron chi connectivity index (χ0n) is 8.60. The molecule has 0 heterocycles. The lowest BCUT2D eigenvalue weighted by molar-refractivity contribution is 0.597. The molecule has 0 amide bonds. The van der Waals surface area contributed by atoms with Crippen molar-refractivity contribution in [3.8, 4) is 0 Å². The van der Waals surface area contributed by atoms with Crippen molar-refractivity contribution in [1.82, 2.24) is 0 Å². The van der Waals surface area contributed by atoms with Crippen LogP contribution >= 0.6 is 11.8 Å². The molecule has 0 aliphatic carbocycles. The Bertz CT molecular complexity index is 455. The number of nitrogens with two attached hydrogens (primary N) is 2. The van der Waals surface area contributed by atoms with E-state index in [0.29, 0.717) is 10.9 Å². The Morgan fingerprint density at radius 1 is 1.33 bits per heavy atom. The molecule has 15 heavy (non-hydrogen) atoms. The predicted octanol–water partition coefficient (Wildman–Crippen LogP) is 1.42. The summed E-state index contributed by atoms with van der Waals surface area (Å²) in [6, 6.07) is 4.48. The third-order valence-corrected chi connectivity index (χ3v) is 3.67. The molecule has 4 nitrogen and oxygen atoms in total. The van der Waals surface area contributed by atoms with E-state index in [-0.39, 0.29) is 4.90 Å². The van der Waals surface area contributed by atoms with Crippen LogP contribution in [0.1, 0.15) is 13.8 Å². The van der Waals surface area contributed by atoms with Gasteiger partial charge in [-0.05, 0) is 18.2 Å². The number of primary sulfonamides is 1. The van der Waals surface area contributed by atoms with Crippen LogP contribution in [0.25, 0.3) is 0 Å². The minimum Gasteiger partial charge on any atom is -0.398 e. The summed E-state index contributed by atoms with van der Waals surface area (Å²) in [7, 11) is -3.65. The maximum Gasteiger partial charge on any atom is 0.238 e. The van der Waals surface area contributed by atoms with Crippen molar-refractivity contribution in [2.75, 3.05) is 5.73 Å². The lowest BCUT2D eigenvalue weighted by Crippen LogP contribution is -2.12. The Labute approximate surface area is 94.1 Å². The van der Waals surface area contributed by atoms with E-state index < -0.39 is 10.0 Å². The summed E-state index contributed by atoms with van der Waals surface area (Å²) in [5, 5.41) is 5.36. The normalized spacial score (nSPS) is 12.0. The van der Waals surface area contributed by atoms with Gasteiger partial charge in [0.2, 0.25) is 10.0 Å². The first-order chi connectivity index (χ1) is 6.80. The maximum atomic E-state index is 11.1. The number of hydrogen-bond acceptors (Lipinski definition) is 4. The predicted molar refractivity (Wildman–Crippen MR) is 63.2 cm³/mol. The molecule has 84 valence electrons. The molecule has 1 aromatic rings. The largest absolute Gasteiger partial charge is 0.398 e. The molecule has 0 radical (unpaired) electrons. The van der Waals surface area contributed by atoms with Crippen LogP contribution in [0.4, 0.5) is 5.69 Å². The lowest BCUT2D eigenvalue weighted by atomic mass is 10.3. The minimum absolute atomic E-state index is 0.0971. The van der Waals surface area contributed by atoms with Gasteiger partial charge in [-0.15, -0.1) is 11.8 Å². The molecule has 4 N–H and O–H groups in total. The van der Waals surface area contributed by atoms with E-state index in [1.165, 1.54) is 23.9 Å². The summed E-state index contributed by atoms with van der Waals surface area (Å²) in [4.78, 5) is 0.844. The van der Waals surface area contributed by atoms with E-state index in [2.05, 4.69) is 0 Å². The van der Waals surface area contributed by atoms with Gasteiger partial charge in [-0.2, -0.15) is 0 Å². The standard InChI is InChI=1S/C9H14N2O2S2/c1-6(2)14-9-5-7(15(11,12)13)3-4-8(9)10/h3-6H,10H2,1-2H3,(H2,11,12,13). The van der Waals surface area contributed by atoms with Gasteiger partial charge in [0.1, 0.15) is 0 Å². The fraction of sp³-hybridized carbons (Fsp3) is 0.333. The molecular weight excluding hydrogens is 232 g/mol. The second-order valence-corrected chi connectivity index (χ2v) is 6.59. The highest BCUT2D eigenvalue weighted by Gasteiger charge is 2.11. The Balaban J connectivity index is 3.17. The van der Waals surface area contributed by atoms with Gasteiger partial charge in [0.15, 0.2) is 0 Å². The Morgan fingerprint density at radius 2 is 1.93 bits per heavy atom. The minimum atomic E-state index is -3.65. The Hall–Kier alpha value is -0.720. The molecule has 1 rings (SSSR count). The molecular formula is C9H14N2O2S2. The third kappa shape index (κ3) is 3.40. The van der Waals surface area contributed by atoms with E-state index in [9.17, 15) is 8.42 Å². The van der Waals surface area contributed by atoms with Crippen molar-refractivity contribution in [1.29, 1.82) is 0 Å². The first kappa shape index (κ1) is 12.4. The highest BCUT2D eigenvalue weighted by molar-refractivity contribution is 8.00. The quantitative estimate of drug-likeness (QED) is 0.623. The van der Waals surface area contributed by atoms with Crippen molar-refractivity contribution in [3.63, 3.8) is 0 Å². The molecule has 0 saturated carbocycles.